The van der Waals surface area contributed by atoms with Crippen molar-refractivity contribution < 1.29 is 33.7 Å². The molecule has 1 saturated heterocycles. The van der Waals surface area contributed by atoms with Crippen LogP contribution in [0.5, 0.6) is 11.5 Å². The summed E-state index contributed by atoms with van der Waals surface area (Å²) < 4.78 is 15.3. The fraction of sp³-hybridized carbons (Fsp3) is 0.471. The predicted octanol–water partition coefficient (Wildman–Crippen LogP) is 0.236. The number of carbonyl (C=O) groups excluding carboxylic acids is 2. The van der Waals surface area contributed by atoms with E-state index in [4.69, 9.17) is 19.3 Å². The van der Waals surface area contributed by atoms with Gasteiger partial charge in [-0.1, -0.05) is 0 Å². The van der Waals surface area contributed by atoms with Crippen molar-refractivity contribution in [3.05, 3.63) is 23.8 Å². The van der Waals surface area contributed by atoms with Gasteiger partial charge in [0.15, 0.2) is 17.5 Å². The molecule has 0 bridgehead atoms. The minimum atomic E-state index is -1.19. The van der Waals surface area contributed by atoms with Crippen molar-refractivity contribution in [3.63, 3.8) is 0 Å². The number of amides is 2. The zero-order valence-corrected chi connectivity index (χ0v) is 14.3. The summed E-state index contributed by atoms with van der Waals surface area (Å²) in [7, 11) is 1.35. The molecule has 2 amide bonds. The Balaban J connectivity index is 1.72. The number of nitrogens with one attached hydrogen (secondary N) is 1. The van der Waals surface area contributed by atoms with Crippen LogP contribution in [0, 0.1) is 0 Å². The molecule has 0 aromatic heterocycles. The van der Waals surface area contributed by atoms with Gasteiger partial charge < -0.3 is 29.5 Å². The molecular formula is C17H20N2O7. The van der Waals surface area contributed by atoms with E-state index in [1.54, 1.807) is 18.2 Å². The molecule has 1 fully saturated rings. The maximum Gasteiger partial charge on any atom is 0.328 e. The average Bonchev–Trinajstić information content (AvgIpc) is 3.28. The van der Waals surface area contributed by atoms with Crippen molar-refractivity contribution in [2.75, 3.05) is 27.1 Å². The van der Waals surface area contributed by atoms with E-state index < -0.39 is 24.0 Å². The Morgan fingerprint density at radius 3 is 2.85 bits per heavy atom. The predicted molar refractivity (Wildman–Crippen MR) is 88.1 cm³/mol. The average molecular weight is 364 g/mol. The van der Waals surface area contributed by atoms with Gasteiger partial charge in [0.25, 0.3) is 5.91 Å². The van der Waals surface area contributed by atoms with Gasteiger partial charge in [-0.05, 0) is 31.0 Å². The lowest BCUT2D eigenvalue weighted by atomic mass is 10.1. The van der Waals surface area contributed by atoms with Gasteiger partial charge in [0.2, 0.25) is 12.7 Å². The summed E-state index contributed by atoms with van der Waals surface area (Å²) in [6.07, 6.45) is 1.14. The van der Waals surface area contributed by atoms with Gasteiger partial charge in [0.05, 0.1) is 6.61 Å². The number of benzene rings is 1. The molecule has 1 aromatic carbocycles. The van der Waals surface area contributed by atoms with Crippen LogP contribution in [0.3, 0.4) is 0 Å². The van der Waals surface area contributed by atoms with Crippen molar-refractivity contribution in [1.82, 2.24) is 10.2 Å². The number of carboxylic acids is 1. The molecule has 2 heterocycles. The molecule has 26 heavy (non-hydrogen) atoms. The van der Waals surface area contributed by atoms with Gasteiger partial charge in [-0.15, -0.1) is 0 Å². The summed E-state index contributed by atoms with van der Waals surface area (Å²) in [4.78, 5) is 38.0. The maximum absolute atomic E-state index is 12.8. The number of nitrogens with zero attached hydrogens (tertiary/aromatic N) is 1. The van der Waals surface area contributed by atoms with Crippen LogP contribution in [0.25, 0.3) is 0 Å². The third-order valence-electron chi connectivity index (χ3n) is 4.38. The van der Waals surface area contributed by atoms with E-state index in [9.17, 15) is 14.4 Å². The van der Waals surface area contributed by atoms with Gasteiger partial charge in [0.1, 0.15) is 6.04 Å². The summed E-state index contributed by atoms with van der Waals surface area (Å²) in [6, 6.07) is 2.98. The highest BCUT2D eigenvalue weighted by atomic mass is 16.7. The molecule has 9 heteroatoms. The smallest absolute Gasteiger partial charge is 0.328 e. The van der Waals surface area contributed by atoms with Crippen LogP contribution in [0.15, 0.2) is 18.2 Å². The summed E-state index contributed by atoms with van der Waals surface area (Å²) in [5.41, 5.74) is 0.389. The first kappa shape index (κ1) is 18.0. The first-order chi connectivity index (χ1) is 12.5. The quantitative estimate of drug-likeness (QED) is 0.743. The van der Waals surface area contributed by atoms with Gasteiger partial charge >= 0.3 is 5.97 Å². The molecule has 2 aliphatic rings. The molecular weight excluding hydrogens is 344 g/mol. The topological polar surface area (TPSA) is 114 Å². The van der Waals surface area contributed by atoms with Crippen LogP contribution in [-0.2, 0) is 14.3 Å². The lowest BCUT2D eigenvalue weighted by molar-refractivity contribution is -0.143. The number of rotatable bonds is 6. The van der Waals surface area contributed by atoms with E-state index in [0.29, 0.717) is 36.4 Å². The largest absolute Gasteiger partial charge is 0.480 e. The summed E-state index contributed by atoms with van der Waals surface area (Å²) in [5, 5.41) is 11.6. The Hall–Kier alpha value is -2.81. The first-order valence-corrected chi connectivity index (χ1v) is 8.24. The van der Waals surface area contributed by atoms with Gasteiger partial charge in [0, 0.05) is 19.2 Å². The molecule has 2 unspecified atom stereocenters. The van der Waals surface area contributed by atoms with E-state index in [0.717, 1.165) is 0 Å². The molecule has 0 aliphatic carbocycles. The minimum Gasteiger partial charge on any atom is -0.480 e. The molecule has 9 nitrogen and oxygen atoms in total. The molecule has 0 spiro atoms. The van der Waals surface area contributed by atoms with E-state index >= 15 is 0 Å². The van der Waals surface area contributed by atoms with Crippen LogP contribution < -0.4 is 14.8 Å². The highest BCUT2D eigenvalue weighted by Crippen LogP contribution is 2.33. The third kappa shape index (κ3) is 3.57. The molecule has 2 N–H and O–H groups in total. The third-order valence-corrected chi connectivity index (χ3v) is 4.38. The van der Waals surface area contributed by atoms with Crippen LogP contribution in [0.1, 0.15) is 23.2 Å². The van der Waals surface area contributed by atoms with Gasteiger partial charge in [-0.25, -0.2) is 4.79 Å². The number of ether oxygens (including phenoxy) is 3. The number of aliphatic carboxylic acids is 1. The first-order valence-electron chi connectivity index (χ1n) is 8.24. The molecule has 0 radical (unpaired) electrons. The van der Waals surface area contributed by atoms with Crippen molar-refractivity contribution in [2.45, 2.75) is 24.9 Å². The van der Waals surface area contributed by atoms with E-state index in [1.165, 1.54) is 12.0 Å². The summed E-state index contributed by atoms with van der Waals surface area (Å²) >= 11 is 0. The van der Waals surface area contributed by atoms with E-state index in [-0.39, 0.29) is 19.3 Å². The summed E-state index contributed by atoms with van der Waals surface area (Å²) in [6.45, 7) is 0.384. The number of fused-ring (bicyclic) bond motifs is 1. The highest BCUT2D eigenvalue weighted by Gasteiger charge is 2.36. The van der Waals surface area contributed by atoms with Crippen molar-refractivity contribution in [2.24, 2.45) is 0 Å². The molecule has 0 saturated carbocycles. The van der Waals surface area contributed by atoms with E-state index in [1.807, 2.05) is 0 Å². The second-order valence-corrected chi connectivity index (χ2v) is 6.08. The monoisotopic (exact) mass is 364 g/mol. The maximum atomic E-state index is 12.8. The number of hydrogen-bond acceptors (Lipinski definition) is 6. The SMILES string of the molecule is COCC(NC(=O)C1CCCN1C(=O)c1ccc2c(c1)OCO2)C(=O)O. The fourth-order valence-corrected chi connectivity index (χ4v) is 3.09. The summed E-state index contributed by atoms with van der Waals surface area (Å²) in [5.74, 6) is -0.935. The number of carboxylic acid groups (broad SMARTS) is 1. The van der Waals surface area contributed by atoms with Crippen LogP contribution in [0.4, 0.5) is 0 Å². The Bertz CT molecular complexity index is 721. The molecule has 2 aliphatic heterocycles. The molecule has 3 rings (SSSR count). The van der Waals surface area contributed by atoms with Gasteiger partial charge in [-0.3, -0.25) is 9.59 Å². The zero-order valence-electron chi connectivity index (χ0n) is 14.3. The Labute approximate surface area is 149 Å². The van der Waals surface area contributed by atoms with Crippen molar-refractivity contribution in [1.29, 1.82) is 0 Å². The minimum absolute atomic E-state index is 0.109. The van der Waals surface area contributed by atoms with Crippen molar-refractivity contribution in [3.8, 4) is 11.5 Å². The van der Waals surface area contributed by atoms with Crippen LogP contribution >= 0.6 is 0 Å². The zero-order chi connectivity index (χ0) is 18.7. The second-order valence-electron chi connectivity index (χ2n) is 6.08. The Morgan fingerprint density at radius 2 is 2.12 bits per heavy atom. The Kier molecular flexibility index (Phi) is 5.27. The molecule has 1 aromatic rings. The van der Waals surface area contributed by atoms with Crippen LogP contribution in [-0.4, -0.2) is 66.9 Å². The van der Waals surface area contributed by atoms with E-state index in [2.05, 4.69) is 5.32 Å². The Morgan fingerprint density at radius 1 is 1.35 bits per heavy atom. The van der Waals surface area contributed by atoms with Crippen molar-refractivity contribution >= 4 is 17.8 Å². The second kappa shape index (κ2) is 7.61. The number of methoxy groups -OCH3 is 1. The molecule has 140 valence electrons. The van der Waals surface area contributed by atoms with Crippen LogP contribution in [0.2, 0.25) is 0 Å². The lowest BCUT2D eigenvalue weighted by Crippen LogP contribution is -2.52. The highest BCUT2D eigenvalue weighted by molar-refractivity contribution is 5.99. The number of carbonyl (C=O) groups is 3. The number of hydrogen-bond donors (Lipinski definition) is 2. The number of likely N-dealkylation sites (tertiary alicyclic amines) is 1. The lowest BCUT2D eigenvalue weighted by Gasteiger charge is -2.25. The fourth-order valence-electron chi connectivity index (χ4n) is 3.09. The van der Waals surface area contributed by atoms with Gasteiger partial charge in [-0.2, -0.15) is 0 Å². The standard InChI is InChI=1S/C17H20N2O7/c1-24-8-11(17(22)23)18-15(20)12-3-2-6-19(12)16(21)10-4-5-13-14(7-10)26-9-25-13/h4-5,7,11-12H,2-3,6,8-9H2,1H3,(H,18,20)(H,22,23). The molecule has 2 atom stereocenters. The normalized spacial score (nSPS) is 19.3.